The monoisotopic (exact) mass is 283 g/mol. The Morgan fingerprint density at radius 2 is 1.55 bits per heavy atom. The van der Waals surface area contributed by atoms with Crippen LogP contribution in [0.1, 0.15) is 18.4 Å². The third kappa shape index (κ3) is 4.90. The van der Waals surface area contributed by atoms with Crippen molar-refractivity contribution in [3.8, 4) is 17.2 Å². The SMILES string of the molecule is COCCCCOc1c(OC)cc(CCN)cc1OC. The van der Waals surface area contributed by atoms with Crippen LogP contribution < -0.4 is 19.9 Å². The van der Waals surface area contributed by atoms with Gasteiger partial charge in [-0.25, -0.2) is 0 Å². The minimum atomic E-state index is 0.587. The number of rotatable bonds is 10. The Hall–Kier alpha value is -1.46. The minimum Gasteiger partial charge on any atom is -0.493 e. The van der Waals surface area contributed by atoms with E-state index in [1.165, 1.54) is 0 Å². The lowest BCUT2D eigenvalue weighted by Crippen LogP contribution is -2.06. The van der Waals surface area contributed by atoms with Crippen LogP contribution in [0.2, 0.25) is 0 Å². The Bertz CT molecular complexity index is 370. The van der Waals surface area contributed by atoms with Crippen molar-refractivity contribution >= 4 is 0 Å². The molecule has 0 radical (unpaired) electrons. The maximum absolute atomic E-state index is 5.79. The molecule has 0 heterocycles. The highest BCUT2D eigenvalue weighted by Crippen LogP contribution is 2.38. The second-order valence-electron chi connectivity index (χ2n) is 4.42. The van der Waals surface area contributed by atoms with Gasteiger partial charge in [0.2, 0.25) is 5.75 Å². The molecular weight excluding hydrogens is 258 g/mol. The van der Waals surface area contributed by atoms with Crippen LogP contribution in [-0.4, -0.2) is 41.1 Å². The normalized spacial score (nSPS) is 10.4. The lowest BCUT2D eigenvalue weighted by molar-refractivity contribution is 0.182. The first kappa shape index (κ1) is 16.6. The number of hydrogen-bond donors (Lipinski definition) is 1. The third-order valence-electron chi connectivity index (χ3n) is 2.94. The van der Waals surface area contributed by atoms with Gasteiger partial charge in [-0.2, -0.15) is 0 Å². The zero-order chi connectivity index (χ0) is 14.8. The van der Waals surface area contributed by atoms with Crippen molar-refractivity contribution in [2.45, 2.75) is 19.3 Å². The second kappa shape index (κ2) is 9.44. The standard InChI is InChI=1S/C15H25NO4/c1-17-8-4-5-9-20-15-13(18-2)10-12(6-7-16)11-14(15)19-3/h10-11H,4-9,16H2,1-3H3. The first-order valence-corrected chi connectivity index (χ1v) is 6.83. The molecule has 2 N–H and O–H groups in total. The minimum absolute atomic E-state index is 0.587. The van der Waals surface area contributed by atoms with Gasteiger partial charge in [-0.15, -0.1) is 0 Å². The van der Waals surface area contributed by atoms with Gasteiger partial charge < -0.3 is 24.7 Å². The summed E-state index contributed by atoms with van der Waals surface area (Å²) in [5, 5.41) is 0. The molecule has 1 aromatic rings. The van der Waals surface area contributed by atoms with Crippen LogP contribution in [0.5, 0.6) is 17.2 Å². The van der Waals surface area contributed by atoms with E-state index in [2.05, 4.69) is 0 Å². The summed E-state index contributed by atoms with van der Waals surface area (Å²) < 4.78 is 21.6. The molecule has 20 heavy (non-hydrogen) atoms. The van der Waals surface area contributed by atoms with Gasteiger partial charge in [0.25, 0.3) is 0 Å². The van der Waals surface area contributed by atoms with Crippen molar-refractivity contribution in [2.24, 2.45) is 5.73 Å². The largest absolute Gasteiger partial charge is 0.493 e. The zero-order valence-electron chi connectivity index (χ0n) is 12.6. The van der Waals surface area contributed by atoms with E-state index in [1.54, 1.807) is 21.3 Å². The lowest BCUT2D eigenvalue weighted by Gasteiger charge is -2.16. The molecule has 0 atom stereocenters. The molecule has 0 aliphatic carbocycles. The summed E-state index contributed by atoms with van der Waals surface area (Å²) in [5.74, 6) is 2.01. The van der Waals surface area contributed by atoms with Crippen molar-refractivity contribution < 1.29 is 18.9 Å². The van der Waals surface area contributed by atoms with Crippen LogP contribution in [0.4, 0.5) is 0 Å². The molecule has 0 saturated carbocycles. The number of benzene rings is 1. The third-order valence-corrected chi connectivity index (χ3v) is 2.94. The Kier molecular flexibility index (Phi) is 7.84. The molecule has 0 fully saturated rings. The molecule has 5 heteroatoms. The van der Waals surface area contributed by atoms with E-state index in [4.69, 9.17) is 24.7 Å². The van der Waals surface area contributed by atoms with E-state index in [1.807, 2.05) is 12.1 Å². The average Bonchev–Trinajstić information content (AvgIpc) is 2.47. The predicted molar refractivity (Wildman–Crippen MR) is 78.9 cm³/mol. The van der Waals surface area contributed by atoms with Gasteiger partial charge in [-0.05, 0) is 43.5 Å². The summed E-state index contributed by atoms with van der Waals surface area (Å²) in [6, 6.07) is 3.89. The van der Waals surface area contributed by atoms with E-state index in [-0.39, 0.29) is 0 Å². The highest BCUT2D eigenvalue weighted by molar-refractivity contribution is 5.53. The molecule has 0 aromatic heterocycles. The lowest BCUT2D eigenvalue weighted by atomic mass is 10.1. The number of ether oxygens (including phenoxy) is 4. The first-order valence-electron chi connectivity index (χ1n) is 6.83. The Morgan fingerprint density at radius 1 is 0.950 bits per heavy atom. The Labute approximate surface area is 121 Å². The van der Waals surface area contributed by atoms with Crippen LogP contribution >= 0.6 is 0 Å². The van der Waals surface area contributed by atoms with E-state index >= 15 is 0 Å². The molecule has 0 spiro atoms. The van der Waals surface area contributed by atoms with E-state index in [9.17, 15) is 0 Å². The Balaban J connectivity index is 2.76. The molecule has 0 unspecified atom stereocenters. The Morgan fingerprint density at radius 3 is 2.05 bits per heavy atom. The highest BCUT2D eigenvalue weighted by Gasteiger charge is 2.13. The van der Waals surface area contributed by atoms with Gasteiger partial charge in [-0.3, -0.25) is 0 Å². The molecule has 5 nitrogen and oxygen atoms in total. The van der Waals surface area contributed by atoms with E-state index in [0.29, 0.717) is 30.4 Å². The number of hydrogen-bond acceptors (Lipinski definition) is 5. The van der Waals surface area contributed by atoms with Crippen molar-refractivity contribution in [3.05, 3.63) is 17.7 Å². The zero-order valence-corrected chi connectivity index (χ0v) is 12.6. The van der Waals surface area contributed by atoms with Gasteiger partial charge in [-0.1, -0.05) is 0 Å². The topological polar surface area (TPSA) is 62.9 Å². The molecule has 0 saturated heterocycles. The maximum Gasteiger partial charge on any atom is 0.203 e. The van der Waals surface area contributed by atoms with Gasteiger partial charge >= 0.3 is 0 Å². The van der Waals surface area contributed by atoms with Crippen molar-refractivity contribution in [1.82, 2.24) is 0 Å². The van der Waals surface area contributed by atoms with Crippen LogP contribution in [0.3, 0.4) is 0 Å². The fourth-order valence-corrected chi connectivity index (χ4v) is 1.91. The van der Waals surface area contributed by atoms with Crippen LogP contribution in [0.15, 0.2) is 12.1 Å². The summed E-state index contributed by atoms with van der Waals surface area (Å²) in [6.07, 6.45) is 2.66. The summed E-state index contributed by atoms with van der Waals surface area (Å²) in [6.45, 7) is 1.93. The molecule has 0 aliphatic heterocycles. The van der Waals surface area contributed by atoms with Gasteiger partial charge in [0.15, 0.2) is 11.5 Å². The summed E-state index contributed by atoms with van der Waals surface area (Å²) in [5.41, 5.74) is 6.66. The van der Waals surface area contributed by atoms with Gasteiger partial charge in [0.05, 0.1) is 20.8 Å². The number of nitrogens with two attached hydrogens (primary N) is 1. The van der Waals surface area contributed by atoms with E-state index in [0.717, 1.165) is 31.4 Å². The fraction of sp³-hybridized carbons (Fsp3) is 0.600. The summed E-state index contributed by atoms with van der Waals surface area (Å²) >= 11 is 0. The van der Waals surface area contributed by atoms with Gasteiger partial charge in [0.1, 0.15) is 0 Å². The fourth-order valence-electron chi connectivity index (χ4n) is 1.91. The first-order chi connectivity index (χ1) is 9.76. The molecule has 0 aliphatic rings. The van der Waals surface area contributed by atoms with Crippen LogP contribution in [-0.2, 0) is 11.2 Å². The van der Waals surface area contributed by atoms with Crippen molar-refractivity contribution in [3.63, 3.8) is 0 Å². The average molecular weight is 283 g/mol. The van der Waals surface area contributed by atoms with Crippen molar-refractivity contribution in [2.75, 3.05) is 41.1 Å². The quantitative estimate of drug-likeness (QED) is 0.666. The molecule has 0 bridgehead atoms. The molecule has 1 rings (SSSR count). The molecule has 1 aromatic carbocycles. The number of unbranched alkanes of at least 4 members (excludes halogenated alkanes) is 1. The smallest absolute Gasteiger partial charge is 0.203 e. The maximum atomic E-state index is 5.79. The van der Waals surface area contributed by atoms with Crippen LogP contribution in [0, 0.1) is 0 Å². The predicted octanol–water partition coefficient (Wildman–Crippen LogP) is 2.01. The highest BCUT2D eigenvalue weighted by atomic mass is 16.5. The summed E-state index contributed by atoms with van der Waals surface area (Å²) in [7, 11) is 4.95. The van der Waals surface area contributed by atoms with Crippen molar-refractivity contribution in [1.29, 1.82) is 0 Å². The van der Waals surface area contributed by atoms with Gasteiger partial charge in [0, 0.05) is 13.7 Å². The summed E-state index contributed by atoms with van der Waals surface area (Å²) in [4.78, 5) is 0. The second-order valence-corrected chi connectivity index (χ2v) is 4.42. The molecule has 114 valence electrons. The number of methoxy groups -OCH3 is 3. The molecular formula is C15H25NO4. The van der Waals surface area contributed by atoms with Crippen LogP contribution in [0.25, 0.3) is 0 Å². The van der Waals surface area contributed by atoms with E-state index < -0.39 is 0 Å². The molecule has 0 amide bonds.